The first kappa shape index (κ1) is 12.3. The molecule has 8 heteroatoms. The van der Waals surface area contributed by atoms with Crippen LogP contribution < -0.4 is 5.32 Å². The van der Waals surface area contributed by atoms with E-state index in [9.17, 15) is 4.39 Å². The number of anilines is 2. The van der Waals surface area contributed by atoms with Gasteiger partial charge >= 0.3 is 0 Å². The third-order valence-corrected chi connectivity index (χ3v) is 3.29. The number of H-pyrrole nitrogens is 1. The molecule has 0 fully saturated rings. The number of halogens is 3. The highest BCUT2D eigenvalue weighted by Gasteiger charge is 2.10. The molecule has 19 heavy (non-hydrogen) atoms. The van der Waals surface area contributed by atoms with Crippen LogP contribution >= 0.6 is 27.5 Å². The van der Waals surface area contributed by atoms with Crippen molar-refractivity contribution < 1.29 is 4.39 Å². The summed E-state index contributed by atoms with van der Waals surface area (Å²) in [6.45, 7) is 0. The van der Waals surface area contributed by atoms with E-state index in [1.165, 1.54) is 12.1 Å². The molecule has 2 heterocycles. The highest BCUT2D eigenvalue weighted by atomic mass is 79.9. The van der Waals surface area contributed by atoms with E-state index in [1.54, 1.807) is 12.3 Å². The number of fused-ring (bicyclic) bond motifs is 1. The monoisotopic (exact) mass is 341 g/mol. The first-order valence-corrected chi connectivity index (χ1v) is 6.39. The molecule has 0 aliphatic heterocycles. The molecule has 5 nitrogen and oxygen atoms in total. The van der Waals surface area contributed by atoms with Crippen molar-refractivity contribution in [2.75, 3.05) is 5.32 Å². The molecule has 0 saturated heterocycles. The molecule has 0 unspecified atom stereocenters. The molecule has 0 aliphatic rings. The smallest absolute Gasteiger partial charge is 0.226 e. The lowest BCUT2D eigenvalue weighted by molar-refractivity contribution is 0.627. The number of rotatable bonds is 2. The van der Waals surface area contributed by atoms with Crippen LogP contribution in [0.5, 0.6) is 0 Å². The number of aromatic amines is 1. The van der Waals surface area contributed by atoms with Crippen molar-refractivity contribution in [3.8, 4) is 0 Å². The first-order chi connectivity index (χ1) is 9.13. The summed E-state index contributed by atoms with van der Waals surface area (Å²) in [6.07, 6.45) is 1.59. The Labute approximate surface area is 120 Å². The second kappa shape index (κ2) is 4.75. The van der Waals surface area contributed by atoms with E-state index in [-0.39, 0.29) is 11.1 Å². The summed E-state index contributed by atoms with van der Waals surface area (Å²) < 4.78 is 13.6. The lowest BCUT2D eigenvalue weighted by Crippen LogP contribution is -1.97. The average molecular weight is 343 g/mol. The number of hydrogen-bond acceptors (Lipinski definition) is 4. The molecule has 1 aromatic carbocycles. The minimum Gasteiger partial charge on any atom is -0.339 e. The summed E-state index contributed by atoms with van der Waals surface area (Å²) >= 11 is 9.11. The van der Waals surface area contributed by atoms with E-state index in [0.29, 0.717) is 27.0 Å². The van der Waals surface area contributed by atoms with Gasteiger partial charge in [-0.3, -0.25) is 5.10 Å². The second-order valence-corrected chi connectivity index (χ2v) is 4.92. The molecule has 0 saturated carbocycles. The molecule has 2 aromatic heterocycles. The second-order valence-electron chi connectivity index (χ2n) is 3.72. The van der Waals surface area contributed by atoms with Crippen LogP contribution in [0.25, 0.3) is 11.0 Å². The Balaban J connectivity index is 2.07. The molecule has 0 radical (unpaired) electrons. The van der Waals surface area contributed by atoms with Crippen molar-refractivity contribution in [1.29, 1.82) is 0 Å². The van der Waals surface area contributed by atoms with Crippen LogP contribution in [-0.4, -0.2) is 20.2 Å². The minimum atomic E-state index is -0.327. The zero-order valence-corrected chi connectivity index (χ0v) is 11.6. The fraction of sp³-hybridized carbons (Fsp3) is 0. The highest BCUT2D eigenvalue weighted by Crippen LogP contribution is 2.29. The molecular weight excluding hydrogens is 337 g/mol. The van der Waals surface area contributed by atoms with Gasteiger partial charge in [0.15, 0.2) is 5.65 Å². The van der Waals surface area contributed by atoms with Crippen LogP contribution in [0, 0.1) is 5.82 Å². The van der Waals surface area contributed by atoms with Gasteiger partial charge in [0.05, 0.1) is 17.3 Å². The minimum absolute atomic E-state index is 0.0949. The zero-order chi connectivity index (χ0) is 13.4. The third kappa shape index (κ3) is 2.39. The van der Waals surface area contributed by atoms with Gasteiger partial charge in [-0.1, -0.05) is 0 Å². The van der Waals surface area contributed by atoms with E-state index < -0.39 is 0 Å². The molecule has 0 amide bonds. The number of nitrogens with zero attached hydrogens (tertiary/aromatic N) is 3. The van der Waals surface area contributed by atoms with Gasteiger partial charge in [-0.15, -0.1) is 0 Å². The molecule has 0 spiro atoms. The van der Waals surface area contributed by atoms with Crippen molar-refractivity contribution >= 4 is 50.1 Å². The van der Waals surface area contributed by atoms with Gasteiger partial charge in [0.1, 0.15) is 11.6 Å². The highest BCUT2D eigenvalue weighted by molar-refractivity contribution is 9.10. The van der Waals surface area contributed by atoms with Gasteiger partial charge in [-0.25, -0.2) is 4.39 Å². The first-order valence-electron chi connectivity index (χ1n) is 5.22. The van der Waals surface area contributed by atoms with Crippen LogP contribution in [0.3, 0.4) is 0 Å². The summed E-state index contributed by atoms with van der Waals surface area (Å²) in [5, 5.41) is 10.4. The van der Waals surface area contributed by atoms with Crippen LogP contribution in [0.4, 0.5) is 15.9 Å². The molecule has 3 rings (SSSR count). The number of benzene rings is 1. The zero-order valence-electron chi connectivity index (χ0n) is 9.28. The van der Waals surface area contributed by atoms with E-state index >= 15 is 0 Å². The average Bonchev–Trinajstić information content (AvgIpc) is 2.80. The lowest BCUT2D eigenvalue weighted by Gasteiger charge is -2.08. The summed E-state index contributed by atoms with van der Waals surface area (Å²) in [5.74, 6) is 0.169. The molecule has 0 atom stereocenters. The molecular formula is C11H6BrClFN5. The normalized spacial score (nSPS) is 10.9. The third-order valence-electron chi connectivity index (χ3n) is 2.47. The largest absolute Gasteiger partial charge is 0.339 e. The topological polar surface area (TPSA) is 66.5 Å². The van der Waals surface area contributed by atoms with E-state index in [2.05, 4.69) is 41.4 Å². The summed E-state index contributed by atoms with van der Waals surface area (Å²) in [5.41, 5.74) is 1.19. The maximum absolute atomic E-state index is 13.0. The van der Waals surface area contributed by atoms with Crippen molar-refractivity contribution in [3.05, 3.63) is 40.0 Å². The van der Waals surface area contributed by atoms with Crippen molar-refractivity contribution in [2.24, 2.45) is 0 Å². The fourth-order valence-electron chi connectivity index (χ4n) is 1.62. The van der Waals surface area contributed by atoms with Gasteiger partial charge in [0.25, 0.3) is 0 Å². The molecule has 0 aliphatic carbocycles. The maximum Gasteiger partial charge on any atom is 0.226 e. The van der Waals surface area contributed by atoms with E-state index in [1.807, 2.05) is 0 Å². The lowest BCUT2D eigenvalue weighted by atomic mass is 10.3. The Bertz CT molecular complexity index is 760. The van der Waals surface area contributed by atoms with Gasteiger partial charge in [-0.2, -0.15) is 15.1 Å². The SMILES string of the molecule is Fc1ccc(Nc2nc(Cl)nc3[nH]ncc23)c(Br)c1. The maximum atomic E-state index is 13.0. The standard InChI is InChI=1S/C11H6BrClFN5/c12-7-3-5(14)1-2-8(7)16-9-6-4-15-19-10(6)18-11(13)17-9/h1-4H,(H2,15,16,17,18,19). The van der Waals surface area contributed by atoms with Crippen LogP contribution in [0.2, 0.25) is 5.28 Å². The van der Waals surface area contributed by atoms with E-state index in [0.717, 1.165) is 0 Å². The summed E-state index contributed by atoms with van der Waals surface area (Å²) in [6, 6.07) is 4.31. The summed E-state index contributed by atoms with van der Waals surface area (Å²) in [7, 11) is 0. The van der Waals surface area contributed by atoms with Gasteiger partial charge in [0.2, 0.25) is 5.28 Å². The van der Waals surface area contributed by atoms with Crippen LogP contribution in [0.1, 0.15) is 0 Å². The number of hydrogen-bond donors (Lipinski definition) is 2. The fourth-order valence-corrected chi connectivity index (χ4v) is 2.24. The predicted molar refractivity (Wildman–Crippen MR) is 74.1 cm³/mol. The van der Waals surface area contributed by atoms with E-state index in [4.69, 9.17) is 11.6 Å². The predicted octanol–water partition coefficient (Wildman–Crippen LogP) is 3.65. The van der Waals surface area contributed by atoms with Gasteiger partial charge in [0, 0.05) is 4.47 Å². The van der Waals surface area contributed by atoms with Crippen molar-refractivity contribution in [2.45, 2.75) is 0 Å². The van der Waals surface area contributed by atoms with Gasteiger partial charge in [-0.05, 0) is 45.7 Å². The molecule has 2 N–H and O–H groups in total. The number of nitrogens with one attached hydrogen (secondary N) is 2. The molecule has 0 bridgehead atoms. The molecule has 3 aromatic rings. The van der Waals surface area contributed by atoms with Crippen molar-refractivity contribution in [1.82, 2.24) is 20.2 Å². The quantitative estimate of drug-likeness (QED) is 0.698. The summed E-state index contributed by atoms with van der Waals surface area (Å²) in [4.78, 5) is 8.10. The Morgan fingerprint density at radius 2 is 2.16 bits per heavy atom. The Kier molecular flexibility index (Phi) is 3.08. The molecule has 96 valence electrons. The number of aromatic nitrogens is 4. The Morgan fingerprint density at radius 3 is 2.95 bits per heavy atom. The van der Waals surface area contributed by atoms with Crippen molar-refractivity contribution in [3.63, 3.8) is 0 Å². The Hall–Kier alpha value is -1.73. The van der Waals surface area contributed by atoms with Crippen LogP contribution in [0.15, 0.2) is 28.9 Å². The van der Waals surface area contributed by atoms with Crippen LogP contribution in [-0.2, 0) is 0 Å². The van der Waals surface area contributed by atoms with Gasteiger partial charge < -0.3 is 5.32 Å². The Morgan fingerprint density at radius 1 is 1.32 bits per heavy atom.